The van der Waals surface area contributed by atoms with Crippen molar-refractivity contribution in [3.05, 3.63) is 95.6 Å². The lowest BCUT2D eigenvalue weighted by Crippen LogP contribution is -2.43. The minimum atomic E-state index is -0.636. The Kier molecular flexibility index (Phi) is 7.38. The van der Waals surface area contributed by atoms with Crippen LogP contribution in [0.1, 0.15) is 16.7 Å². The van der Waals surface area contributed by atoms with E-state index in [0.29, 0.717) is 18.8 Å². The van der Waals surface area contributed by atoms with Crippen molar-refractivity contribution in [1.29, 1.82) is 0 Å². The third-order valence-electron chi connectivity index (χ3n) is 5.58. The van der Waals surface area contributed by atoms with Crippen LogP contribution in [0.3, 0.4) is 0 Å². The van der Waals surface area contributed by atoms with Crippen LogP contribution in [0.5, 0.6) is 5.75 Å². The molecule has 0 bridgehead atoms. The van der Waals surface area contributed by atoms with Gasteiger partial charge in [0.2, 0.25) is 0 Å². The van der Waals surface area contributed by atoms with E-state index in [4.69, 9.17) is 4.74 Å². The summed E-state index contributed by atoms with van der Waals surface area (Å²) in [5, 5.41) is 16.1. The van der Waals surface area contributed by atoms with Crippen molar-refractivity contribution >= 4 is 11.7 Å². The van der Waals surface area contributed by atoms with Gasteiger partial charge in [0.05, 0.1) is 6.10 Å². The maximum atomic E-state index is 12.4. The van der Waals surface area contributed by atoms with Gasteiger partial charge in [-0.1, -0.05) is 60.7 Å². The fourth-order valence-electron chi connectivity index (χ4n) is 3.90. The molecule has 0 aliphatic carbocycles. The van der Waals surface area contributed by atoms with Gasteiger partial charge in [0.15, 0.2) is 0 Å². The van der Waals surface area contributed by atoms with Crippen LogP contribution in [0.2, 0.25) is 0 Å². The van der Waals surface area contributed by atoms with E-state index in [1.807, 2.05) is 60.7 Å². The molecule has 0 saturated heterocycles. The summed E-state index contributed by atoms with van der Waals surface area (Å²) in [6.45, 7) is 2.80. The van der Waals surface area contributed by atoms with Crippen LogP contribution in [0.25, 0.3) is 0 Å². The number of aliphatic hydroxyl groups excluding tert-OH is 1. The highest BCUT2D eigenvalue weighted by Crippen LogP contribution is 2.19. The van der Waals surface area contributed by atoms with Gasteiger partial charge < -0.3 is 20.5 Å². The van der Waals surface area contributed by atoms with Gasteiger partial charge in [-0.05, 0) is 35.7 Å². The molecule has 1 aliphatic heterocycles. The first-order valence-electron chi connectivity index (χ1n) is 10.9. The molecule has 32 heavy (non-hydrogen) atoms. The normalized spacial score (nSPS) is 14.3. The Morgan fingerprint density at radius 2 is 1.69 bits per heavy atom. The van der Waals surface area contributed by atoms with Crippen LogP contribution in [0.15, 0.2) is 78.9 Å². The van der Waals surface area contributed by atoms with Crippen LogP contribution in [-0.4, -0.2) is 41.8 Å². The summed E-state index contributed by atoms with van der Waals surface area (Å²) in [6.07, 6.45) is 0.348. The molecule has 0 aromatic heterocycles. The third kappa shape index (κ3) is 6.09. The number of carbonyl (C=O) groups is 1. The molecule has 0 spiro atoms. The van der Waals surface area contributed by atoms with Gasteiger partial charge in [-0.2, -0.15) is 0 Å². The van der Waals surface area contributed by atoms with Crippen molar-refractivity contribution in [2.24, 2.45) is 0 Å². The molecule has 6 heteroatoms. The molecular weight excluding hydrogens is 402 g/mol. The largest absolute Gasteiger partial charge is 0.489 e. The number of ether oxygens (including phenoxy) is 1. The summed E-state index contributed by atoms with van der Waals surface area (Å²) in [4.78, 5) is 14.6. The number of fused-ring (bicyclic) bond motifs is 1. The van der Waals surface area contributed by atoms with Crippen LogP contribution in [-0.2, 0) is 19.6 Å². The smallest absolute Gasteiger partial charge is 0.319 e. The van der Waals surface area contributed by atoms with Crippen LogP contribution >= 0.6 is 0 Å². The van der Waals surface area contributed by atoms with E-state index in [1.165, 1.54) is 11.1 Å². The van der Waals surface area contributed by atoms with E-state index < -0.39 is 6.10 Å². The summed E-state index contributed by atoms with van der Waals surface area (Å²) in [6, 6.07) is 25.2. The highest BCUT2D eigenvalue weighted by molar-refractivity contribution is 5.90. The summed E-state index contributed by atoms with van der Waals surface area (Å²) in [7, 11) is 0. The molecule has 166 valence electrons. The highest BCUT2D eigenvalue weighted by Gasteiger charge is 2.19. The van der Waals surface area contributed by atoms with Gasteiger partial charge in [-0.3, -0.25) is 4.90 Å². The van der Waals surface area contributed by atoms with E-state index in [0.717, 1.165) is 30.8 Å². The number of hydrogen-bond acceptors (Lipinski definition) is 4. The Labute approximate surface area is 188 Å². The van der Waals surface area contributed by atoms with Crippen LogP contribution < -0.4 is 15.4 Å². The summed E-state index contributed by atoms with van der Waals surface area (Å²) >= 11 is 0. The zero-order valence-electron chi connectivity index (χ0n) is 18.0. The standard InChI is InChI=1S/C26H29N3O3/c30-23(18-29-15-14-20-8-4-5-9-21(20)17-29)16-27-26(31)28-25-13-7-6-10-22(25)19-32-24-11-2-1-3-12-24/h1-13,23,30H,14-19H2,(H2,27,28,31). The Bertz CT molecular complexity index is 1030. The second-order valence-electron chi connectivity index (χ2n) is 8.00. The SMILES string of the molecule is O=C(NCC(O)CN1CCc2ccccc2C1)Nc1ccccc1COc1ccccc1. The molecule has 1 heterocycles. The molecule has 3 N–H and O–H groups in total. The fourth-order valence-corrected chi connectivity index (χ4v) is 3.90. The van der Waals surface area contributed by atoms with E-state index in [9.17, 15) is 9.90 Å². The predicted octanol–water partition coefficient (Wildman–Crippen LogP) is 3.81. The lowest BCUT2D eigenvalue weighted by Gasteiger charge is -2.30. The molecule has 4 rings (SSSR count). The van der Waals surface area contributed by atoms with Gasteiger partial charge in [0.25, 0.3) is 0 Å². The lowest BCUT2D eigenvalue weighted by molar-refractivity contribution is 0.106. The number of urea groups is 1. The quantitative estimate of drug-likeness (QED) is 0.507. The minimum absolute atomic E-state index is 0.187. The molecular formula is C26H29N3O3. The number of anilines is 1. The monoisotopic (exact) mass is 431 g/mol. The number of rotatable bonds is 8. The first-order chi connectivity index (χ1) is 15.7. The number of benzene rings is 3. The Morgan fingerprint density at radius 1 is 0.969 bits per heavy atom. The average Bonchev–Trinajstić information content (AvgIpc) is 2.83. The molecule has 1 atom stereocenters. The Morgan fingerprint density at radius 3 is 2.53 bits per heavy atom. The van der Waals surface area contributed by atoms with Crippen molar-refractivity contribution in [1.82, 2.24) is 10.2 Å². The van der Waals surface area contributed by atoms with E-state index >= 15 is 0 Å². The Balaban J connectivity index is 1.23. The van der Waals surface area contributed by atoms with Gasteiger partial charge in [-0.25, -0.2) is 4.79 Å². The zero-order valence-corrected chi connectivity index (χ0v) is 18.0. The molecule has 3 aromatic carbocycles. The van der Waals surface area contributed by atoms with Crippen molar-refractivity contribution in [2.75, 3.05) is 25.0 Å². The number of β-amino-alcohol motifs (C(OH)–C–C–N with tert-alkyl or cyclic N) is 1. The number of aliphatic hydroxyl groups is 1. The zero-order chi connectivity index (χ0) is 22.2. The number of carbonyl (C=O) groups excluding carboxylic acids is 1. The van der Waals surface area contributed by atoms with Crippen molar-refractivity contribution in [3.8, 4) is 5.75 Å². The molecule has 1 unspecified atom stereocenters. The predicted molar refractivity (Wildman–Crippen MR) is 126 cm³/mol. The van der Waals surface area contributed by atoms with Crippen molar-refractivity contribution in [2.45, 2.75) is 25.7 Å². The number of nitrogens with one attached hydrogen (secondary N) is 2. The topological polar surface area (TPSA) is 73.8 Å². The first kappa shape index (κ1) is 21.9. The highest BCUT2D eigenvalue weighted by atomic mass is 16.5. The molecule has 0 radical (unpaired) electrons. The molecule has 1 aliphatic rings. The molecule has 2 amide bonds. The number of para-hydroxylation sites is 2. The maximum Gasteiger partial charge on any atom is 0.319 e. The third-order valence-corrected chi connectivity index (χ3v) is 5.58. The van der Waals surface area contributed by atoms with Gasteiger partial charge >= 0.3 is 6.03 Å². The summed E-state index contributed by atoms with van der Waals surface area (Å²) in [5.41, 5.74) is 4.25. The average molecular weight is 432 g/mol. The molecule has 0 fully saturated rings. The van der Waals surface area contributed by atoms with E-state index in [2.05, 4.69) is 33.7 Å². The van der Waals surface area contributed by atoms with Crippen molar-refractivity contribution in [3.63, 3.8) is 0 Å². The van der Waals surface area contributed by atoms with Gasteiger partial charge in [-0.15, -0.1) is 0 Å². The molecule has 0 saturated carbocycles. The van der Waals surface area contributed by atoms with Crippen LogP contribution in [0.4, 0.5) is 10.5 Å². The molecule has 6 nitrogen and oxygen atoms in total. The maximum absolute atomic E-state index is 12.4. The molecule has 3 aromatic rings. The first-order valence-corrected chi connectivity index (χ1v) is 10.9. The number of amides is 2. The summed E-state index contributed by atoms with van der Waals surface area (Å²) < 4.78 is 5.80. The lowest BCUT2D eigenvalue weighted by atomic mass is 10.00. The van der Waals surface area contributed by atoms with E-state index in [-0.39, 0.29) is 12.6 Å². The van der Waals surface area contributed by atoms with Crippen molar-refractivity contribution < 1.29 is 14.6 Å². The number of hydrogen-bond donors (Lipinski definition) is 3. The van der Waals surface area contributed by atoms with Gasteiger partial charge in [0.1, 0.15) is 12.4 Å². The number of nitrogens with zero attached hydrogens (tertiary/aromatic N) is 1. The Hall–Kier alpha value is -3.35. The second kappa shape index (κ2) is 10.8. The minimum Gasteiger partial charge on any atom is -0.489 e. The van der Waals surface area contributed by atoms with Gasteiger partial charge in [0, 0.05) is 37.4 Å². The second-order valence-corrected chi connectivity index (χ2v) is 8.00. The van der Waals surface area contributed by atoms with E-state index in [1.54, 1.807) is 0 Å². The fraction of sp³-hybridized carbons (Fsp3) is 0.269. The van der Waals surface area contributed by atoms with Crippen LogP contribution in [0, 0.1) is 0 Å². The summed E-state index contributed by atoms with van der Waals surface area (Å²) in [5.74, 6) is 0.773.